The third-order valence-electron chi connectivity index (χ3n) is 27.3. The number of carbonyl (C=O) groups is 1. The zero-order valence-corrected chi connectivity index (χ0v) is 70.5. The molecular formula is C91H94F4N24O9. The van der Waals surface area contributed by atoms with Crippen LogP contribution in [0.1, 0.15) is 165 Å². The molecule has 6 fully saturated rings. The summed E-state index contributed by atoms with van der Waals surface area (Å²) >= 11 is 0. The lowest BCUT2D eigenvalue weighted by atomic mass is 10.1. The highest BCUT2D eigenvalue weighted by molar-refractivity contribution is 6.00. The van der Waals surface area contributed by atoms with Gasteiger partial charge in [0.15, 0.2) is 68.9 Å². The van der Waals surface area contributed by atoms with Gasteiger partial charge >= 0.3 is 0 Å². The van der Waals surface area contributed by atoms with Crippen LogP contribution in [0, 0.1) is 34.6 Å². The maximum Gasteiger partial charge on any atom is 0.256 e. The molecule has 2 spiro atoms. The van der Waals surface area contributed by atoms with Crippen molar-refractivity contribution in [3.63, 3.8) is 0 Å². The Morgan fingerprint density at radius 2 is 0.781 bits per heavy atom. The van der Waals surface area contributed by atoms with Gasteiger partial charge in [-0.1, -0.05) is 26.7 Å². The van der Waals surface area contributed by atoms with Crippen molar-refractivity contribution < 1.29 is 60.3 Å². The second kappa shape index (κ2) is 31.5. The Labute approximate surface area is 731 Å². The van der Waals surface area contributed by atoms with Crippen molar-refractivity contribution >= 4 is 68.9 Å². The van der Waals surface area contributed by atoms with Crippen LogP contribution in [0.5, 0.6) is 46.5 Å². The largest absolute Gasteiger partial charge is 0.483 e. The predicted octanol–water partition coefficient (Wildman–Crippen LogP) is 11.7. The molecule has 9 atom stereocenters. The second-order valence-electron chi connectivity index (χ2n) is 36.1. The number of amides is 1. The number of anilines is 4. The third kappa shape index (κ3) is 14.6. The molecule has 1 amide bonds. The van der Waals surface area contributed by atoms with E-state index in [9.17, 15) is 22.4 Å². The lowest BCUT2D eigenvalue weighted by Gasteiger charge is -2.39. The molecule has 14 aliphatic rings. The molecule has 20 heterocycles. The van der Waals surface area contributed by atoms with Gasteiger partial charge in [-0.3, -0.25) is 4.79 Å². The van der Waals surface area contributed by atoms with Crippen molar-refractivity contribution in [3.8, 4) is 46.5 Å². The maximum atomic E-state index is 14.3. The highest BCUT2D eigenvalue weighted by atomic mass is 19.1. The minimum absolute atomic E-state index is 0.0230. The van der Waals surface area contributed by atoms with E-state index < -0.39 is 5.82 Å². The Morgan fingerprint density at radius 3 is 1.19 bits per heavy atom. The molecule has 33 nitrogen and oxygen atoms in total. The van der Waals surface area contributed by atoms with E-state index in [4.69, 9.17) is 57.8 Å². The van der Waals surface area contributed by atoms with E-state index in [-0.39, 0.29) is 88.8 Å². The summed E-state index contributed by atoms with van der Waals surface area (Å²) in [5, 5.41) is 31.1. The summed E-state index contributed by atoms with van der Waals surface area (Å²) in [6, 6.07) is 6.64. The molecule has 660 valence electrons. The van der Waals surface area contributed by atoms with Crippen molar-refractivity contribution in [1.82, 2.24) is 99.6 Å². The van der Waals surface area contributed by atoms with Gasteiger partial charge in [0.2, 0.25) is 23.5 Å². The number of ether oxygens (including phenoxy) is 8. The van der Waals surface area contributed by atoms with Gasteiger partial charge < -0.3 is 78.8 Å². The van der Waals surface area contributed by atoms with Crippen LogP contribution in [0.4, 0.5) is 40.8 Å². The second-order valence-corrected chi connectivity index (χ2v) is 36.1. The molecule has 0 saturated heterocycles. The fourth-order valence-electron chi connectivity index (χ4n) is 20.2. The number of aromatic nitrogens is 16. The van der Waals surface area contributed by atoms with Crippen molar-refractivity contribution in [2.24, 2.45) is 11.3 Å². The van der Waals surface area contributed by atoms with E-state index >= 15 is 0 Å². The molecule has 0 aromatic carbocycles. The van der Waals surface area contributed by atoms with Gasteiger partial charge in [-0.2, -0.15) is 20.4 Å². The number of pyridine rings is 4. The zero-order valence-electron chi connectivity index (χ0n) is 70.5. The van der Waals surface area contributed by atoms with Crippen molar-refractivity contribution in [2.75, 3.05) is 65.7 Å². The third-order valence-corrected chi connectivity index (χ3v) is 27.3. The van der Waals surface area contributed by atoms with Crippen LogP contribution in [0.3, 0.4) is 0 Å². The van der Waals surface area contributed by atoms with Crippen LogP contribution >= 0.6 is 0 Å². The quantitative estimate of drug-likeness (QED) is 0.102. The maximum absolute atomic E-state index is 14.3. The van der Waals surface area contributed by atoms with E-state index in [1.807, 2.05) is 18.6 Å². The molecule has 0 radical (unpaired) electrons. The topological polar surface area (TPSA) is 324 Å². The van der Waals surface area contributed by atoms with Gasteiger partial charge in [0, 0.05) is 70.3 Å². The first-order valence-corrected chi connectivity index (χ1v) is 44.4. The van der Waals surface area contributed by atoms with Crippen LogP contribution in [0.15, 0.2) is 118 Å². The smallest absolute Gasteiger partial charge is 0.256 e. The Hall–Kier alpha value is -13.5. The van der Waals surface area contributed by atoms with Gasteiger partial charge in [-0.15, -0.1) is 0 Å². The normalized spacial score (nSPS) is 24.5. The average Bonchev–Trinajstić information content (AvgIpc) is 1.55. The molecule has 8 aliphatic heterocycles. The number of carbonyl (C=O) groups excluding carboxylic acids is 1. The molecule has 4 N–H and O–H groups in total. The summed E-state index contributed by atoms with van der Waals surface area (Å²) in [6.45, 7) is 20.2. The number of nitrogens with zero attached hydrogens (tertiary/aromatic N) is 20. The van der Waals surface area contributed by atoms with Crippen LogP contribution < -0.4 is 78.8 Å². The van der Waals surface area contributed by atoms with Crippen LogP contribution in [0.2, 0.25) is 0 Å². The summed E-state index contributed by atoms with van der Waals surface area (Å²) < 4.78 is 113. The van der Waals surface area contributed by atoms with Crippen LogP contribution in [-0.2, 0) is 26.2 Å². The van der Waals surface area contributed by atoms with Crippen LogP contribution in [-0.4, -0.2) is 184 Å². The Balaban J connectivity index is 0.0000000977. The lowest BCUT2D eigenvalue weighted by molar-refractivity contribution is 0.0952. The van der Waals surface area contributed by atoms with Gasteiger partial charge in [-0.25, -0.2) is 75.5 Å². The van der Waals surface area contributed by atoms with E-state index in [1.54, 1.807) is 42.8 Å². The minimum atomic E-state index is -0.409. The molecule has 12 aromatic heterocycles. The molecule has 0 unspecified atom stereocenters. The first-order valence-electron chi connectivity index (χ1n) is 44.4. The van der Waals surface area contributed by atoms with Crippen molar-refractivity contribution in [3.05, 3.63) is 186 Å². The minimum Gasteiger partial charge on any atom is -0.483 e. The zero-order chi connectivity index (χ0) is 86.4. The summed E-state index contributed by atoms with van der Waals surface area (Å²) in [4.78, 5) is 58.4. The van der Waals surface area contributed by atoms with Crippen molar-refractivity contribution in [2.45, 2.75) is 196 Å². The lowest BCUT2D eigenvalue weighted by Crippen LogP contribution is -2.47. The Morgan fingerprint density at radius 1 is 0.414 bits per heavy atom. The highest BCUT2D eigenvalue weighted by Gasteiger charge is 2.50. The molecule has 6 saturated carbocycles. The van der Waals surface area contributed by atoms with Gasteiger partial charge in [0.1, 0.15) is 59.9 Å². The highest BCUT2D eigenvalue weighted by Crippen LogP contribution is 2.51. The summed E-state index contributed by atoms with van der Waals surface area (Å²) in [5.41, 5.74) is 10.6. The van der Waals surface area contributed by atoms with E-state index in [1.165, 1.54) is 49.1 Å². The summed E-state index contributed by atoms with van der Waals surface area (Å²) in [7, 11) is 0. The van der Waals surface area contributed by atoms with Gasteiger partial charge in [0.25, 0.3) is 5.91 Å². The van der Waals surface area contributed by atoms with Gasteiger partial charge in [-0.05, 0) is 133 Å². The Bertz CT molecular complexity index is 6470. The summed E-state index contributed by atoms with van der Waals surface area (Å²) in [6.07, 6.45) is 36.1. The molecule has 26 rings (SSSR count). The van der Waals surface area contributed by atoms with Crippen LogP contribution in [0.25, 0.3) is 39.7 Å². The predicted molar refractivity (Wildman–Crippen MR) is 460 cm³/mol. The van der Waals surface area contributed by atoms with Crippen molar-refractivity contribution in [1.29, 1.82) is 0 Å². The molecule has 6 aliphatic carbocycles. The van der Waals surface area contributed by atoms with E-state index in [0.29, 0.717) is 158 Å². The number of hydrogen-bond acceptors (Lipinski definition) is 28. The molecule has 37 heteroatoms. The average molecular weight is 1740 g/mol. The molecular weight excluding hydrogens is 1650 g/mol. The SMILES string of the molecule is C=C1NC2(CC2)COc2ncc(F)cc2CN2c3nc4c1cnn4cc3O[C@H]1CCC[C@H]12.C=C1NCC2(CC2)COc2ncc(F)cc2CN2c3nc4c1cnn4cc3O[C@H]1CCC[C@H]12.C=C1NC[C@H](C)COc2ncc(F)cc2CN2c3nc4c1cnn4cc3O[C@H]1CCC[C@H]12.O=C1NCCCOc2ncc(F)cc2CN2c3nc4c1cnn4cc3O[C@H]1CCC[C@H]12. The summed E-state index contributed by atoms with van der Waals surface area (Å²) in [5.74, 6) is 5.75. The monoisotopic (exact) mass is 1740 g/mol. The molecule has 128 heavy (non-hydrogen) atoms. The fraction of sp³-hybridized carbons (Fsp3) is 0.440. The van der Waals surface area contributed by atoms with E-state index in [2.05, 4.69) is 108 Å². The number of fused-ring (bicyclic) bond motifs is 12. The number of rotatable bonds is 0. The van der Waals surface area contributed by atoms with E-state index in [0.717, 1.165) is 184 Å². The number of nitrogens with one attached hydrogen (secondary N) is 4. The first-order chi connectivity index (χ1) is 62.4. The standard InChI is InChI=1S/C24H25FN6O2.C23H23FN6O2.C23H25FN6O2.C21H21FN6O3/c1-14-17-9-28-31-11-20-22(29-21(17)31)30(18-3-2-4-19(18)33-20)10-15-7-16(25)8-26-23(15)32-13-24(5-6-24)12-27-14;1-13-16-9-26-30-11-19-21(27-20(16)30)29(17-3-2-4-18(17)32-19)10-14-7-15(24)8-25-22(14)31-12-23(28-13)5-6-23;1-13-7-25-14(2)17-9-27-30-11-20-22(28-21(17)30)29(18-4-3-5-19(18)32-20)10-15-6-16(24)8-26-23(15)31-12-13;22-13-7-12-10-27-15-3-1-4-16(15)31-17-11-28-18(26-19(17)27)14(9-25-28)20(29)23-5-2-6-30-21(12)24-8-13/h7-9,11,18-19,27H,1-6,10,12-13H2;7-9,11,17-18,28H,1-6,10,12H2;6,8-9,11,13,18-19,25H,2-5,7,10,12H2,1H3;7-9,11,15-16H,1-6,10H2,(H,23,29)/t18-,19+;17-,18+;13-,18+,19-;15-,16+/m1101/s1. The number of hydrogen-bond donors (Lipinski definition) is 4. The van der Waals surface area contributed by atoms with Gasteiger partial charge in [0.05, 0.1) is 167 Å². The number of halogens is 4. The molecule has 8 bridgehead atoms. The first kappa shape index (κ1) is 79.2. The fourth-order valence-corrected chi connectivity index (χ4v) is 20.2. The molecule has 12 aromatic rings. The Kier molecular flexibility index (Phi) is 19.5.